The van der Waals surface area contributed by atoms with Gasteiger partial charge >= 0.3 is 6.18 Å². The second-order valence-corrected chi connectivity index (χ2v) is 4.76. The van der Waals surface area contributed by atoms with Gasteiger partial charge in [0.05, 0.1) is 11.6 Å². The molecule has 1 nitrogen and oxygen atoms in total. The van der Waals surface area contributed by atoms with Gasteiger partial charge in [-0.05, 0) is 29.8 Å². The summed E-state index contributed by atoms with van der Waals surface area (Å²) in [6.07, 6.45) is -4.84. The molecular formula is C14H9ClF5N. The van der Waals surface area contributed by atoms with Crippen molar-refractivity contribution in [3.63, 3.8) is 0 Å². The Hall–Kier alpha value is -1.66. The van der Waals surface area contributed by atoms with Crippen LogP contribution in [-0.2, 0) is 6.18 Å². The molecule has 2 aromatic carbocycles. The SMILES string of the molecule is NC(c1cc(F)ccc1Cl)c1cccc(C(F)(F)F)c1F. The predicted molar refractivity (Wildman–Crippen MR) is 68.8 cm³/mol. The first-order valence-electron chi connectivity index (χ1n) is 5.78. The van der Waals surface area contributed by atoms with Gasteiger partial charge in [0.15, 0.2) is 0 Å². The van der Waals surface area contributed by atoms with E-state index >= 15 is 0 Å². The first-order valence-corrected chi connectivity index (χ1v) is 6.15. The Kier molecular flexibility index (Phi) is 4.20. The third kappa shape index (κ3) is 3.16. The summed E-state index contributed by atoms with van der Waals surface area (Å²) in [7, 11) is 0. The number of halogens is 6. The van der Waals surface area contributed by atoms with E-state index in [0.29, 0.717) is 6.07 Å². The molecule has 0 fully saturated rings. The highest BCUT2D eigenvalue weighted by Gasteiger charge is 2.35. The molecule has 0 saturated heterocycles. The van der Waals surface area contributed by atoms with Crippen molar-refractivity contribution < 1.29 is 22.0 Å². The summed E-state index contributed by atoms with van der Waals surface area (Å²) in [6, 6.07) is 4.69. The number of benzene rings is 2. The summed E-state index contributed by atoms with van der Waals surface area (Å²) in [4.78, 5) is 0. The van der Waals surface area contributed by atoms with Gasteiger partial charge in [0.2, 0.25) is 0 Å². The fourth-order valence-electron chi connectivity index (χ4n) is 1.93. The lowest BCUT2D eigenvalue weighted by atomic mass is 9.97. The molecular weight excluding hydrogens is 313 g/mol. The Labute approximate surface area is 122 Å². The van der Waals surface area contributed by atoms with Gasteiger partial charge < -0.3 is 5.73 Å². The molecule has 1 unspecified atom stereocenters. The smallest absolute Gasteiger partial charge is 0.320 e. The quantitative estimate of drug-likeness (QED) is 0.798. The number of rotatable bonds is 2. The maximum atomic E-state index is 14.0. The Morgan fingerprint density at radius 3 is 2.29 bits per heavy atom. The highest BCUT2D eigenvalue weighted by atomic mass is 35.5. The molecule has 0 radical (unpaired) electrons. The van der Waals surface area contributed by atoms with Crippen molar-refractivity contribution in [2.24, 2.45) is 5.73 Å². The van der Waals surface area contributed by atoms with Crippen LogP contribution in [0.4, 0.5) is 22.0 Å². The standard InChI is InChI=1S/C14H9ClF5N/c15-11-5-4-7(16)6-9(11)13(21)8-2-1-3-10(12(8)17)14(18,19)20/h1-6,13H,21H2. The van der Waals surface area contributed by atoms with Crippen molar-refractivity contribution in [2.75, 3.05) is 0 Å². The Morgan fingerprint density at radius 1 is 1.00 bits per heavy atom. The van der Waals surface area contributed by atoms with Gasteiger partial charge in [0.1, 0.15) is 11.6 Å². The van der Waals surface area contributed by atoms with Crippen LogP contribution in [0.25, 0.3) is 0 Å². The zero-order valence-corrected chi connectivity index (χ0v) is 11.1. The molecule has 0 heterocycles. The number of nitrogens with two attached hydrogens (primary N) is 1. The predicted octanol–water partition coefficient (Wildman–Crippen LogP) is 4.69. The number of hydrogen-bond donors (Lipinski definition) is 1. The molecule has 0 bridgehead atoms. The lowest BCUT2D eigenvalue weighted by molar-refractivity contribution is -0.140. The zero-order valence-electron chi connectivity index (χ0n) is 10.4. The molecule has 2 aromatic rings. The maximum Gasteiger partial charge on any atom is 0.419 e. The van der Waals surface area contributed by atoms with E-state index in [1.54, 1.807) is 0 Å². The second kappa shape index (κ2) is 5.61. The molecule has 2 rings (SSSR count). The van der Waals surface area contributed by atoms with Crippen LogP contribution in [0.1, 0.15) is 22.7 Å². The van der Waals surface area contributed by atoms with Crippen molar-refractivity contribution in [3.05, 3.63) is 69.7 Å². The molecule has 21 heavy (non-hydrogen) atoms. The summed E-state index contributed by atoms with van der Waals surface area (Å²) in [5.74, 6) is -2.16. The summed E-state index contributed by atoms with van der Waals surface area (Å²) in [5.41, 5.74) is 3.92. The van der Waals surface area contributed by atoms with Crippen molar-refractivity contribution in [1.82, 2.24) is 0 Å². The van der Waals surface area contributed by atoms with Crippen LogP contribution >= 0.6 is 11.6 Å². The third-order valence-corrected chi connectivity index (χ3v) is 3.31. The Balaban J connectivity index is 2.54. The van der Waals surface area contributed by atoms with E-state index in [9.17, 15) is 22.0 Å². The van der Waals surface area contributed by atoms with E-state index < -0.39 is 35.0 Å². The average Bonchev–Trinajstić information content (AvgIpc) is 2.39. The molecule has 0 spiro atoms. The molecule has 0 aliphatic carbocycles. The molecule has 0 aliphatic rings. The van der Waals surface area contributed by atoms with Gasteiger partial charge in [-0.1, -0.05) is 23.7 Å². The van der Waals surface area contributed by atoms with Crippen molar-refractivity contribution in [2.45, 2.75) is 12.2 Å². The topological polar surface area (TPSA) is 26.0 Å². The molecule has 1 atom stereocenters. The van der Waals surface area contributed by atoms with Crippen molar-refractivity contribution >= 4 is 11.6 Å². The zero-order chi connectivity index (χ0) is 15.8. The minimum atomic E-state index is -4.84. The molecule has 2 N–H and O–H groups in total. The van der Waals surface area contributed by atoms with Gasteiger partial charge in [-0.15, -0.1) is 0 Å². The van der Waals surface area contributed by atoms with Gasteiger partial charge in [0.25, 0.3) is 0 Å². The highest BCUT2D eigenvalue weighted by Crippen LogP contribution is 2.35. The molecule has 7 heteroatoms. The van der Waals surface area contributed by atoms with Crippen molar-refractivity contribution in [3.8, 4) is 0 Å². The minimum Gasteiger partial charge on any atom is -0.320 e. The Morgan fingerprint density at radius 2 is 1.67 bits per heavy atom. The van der Waals surface area contributed by atoms with Crippen LogP contribution in [-0.4, -0.2) is 0 Å². The lowest BCUT2D eigenvalue weighted by Crippen LogP contribution is -2.17. The third-order valence-electron chi connectivity index (χ3n) is 2.96. The minimum absolute atomic E-state index is 0.00916. The van der Waals surface area contributed by atoms with Crippen LogP contribution in [0.5, 0.6) is 0 Å². The van der Waals surface area contributed by atoms with Crippen LogP contribution in [0, 0.1) is 11.6 Å². The van der Waals surface area contributed by atoms with Crippen LogP contribution in [0.2, 0.25) is 5.02 Å². The maximum absolute atomic E-state index is 14.0. The van der Waals surface area contributed by atoms with E-state index in [1.807, 2.05) is 0 Å². The average molecular weight is 322 g/mol. The van der Waals surface area contributed by atoms with Gasteiger partial charge in [-0.3, -0.25) is 0 Å². The summed E-state index contributed by atoms with van der Waals surface area (Å²) in [5, 5.41) is 0.0423. The van der Waals surface area contributed by atoms with Crippen LogP contribution < -0.4 is 5.73 Å². The fourth-order valence-corrected chi connectivity index (χ4v) is 2.16. The van der Waals surface area contributed by atoms with E-state index in [2.05, 4.69) is 0 Å². The van der Waals surface area contributed by atoms with Crippen molar-refractivity contribution in [1.29, 1.82) is 0 Å². The Bertz CT molecular complexity index is 669. The normalized spacial score (nSPS) is 13.3. The summed E-state index contributed by atoms with van der Waals surface area (Å²) >= 11 is 5.83. The van der Waals surface area contributed by atoms with E-state index in [4.69, 9.17) is 17.3 Å². The first-order chi connectivity index (χ1) is 9.71. The van der Waals surface area contributed by atoms with E-state index in [0.717, 1.165) is 24.3 Å². The fraction of sp³-hybridized carbons (Fsp3) is 0.143. The van der Waals surface area contributed by atoms with Gasteiger partial charge in [0, 0.05) is 10.6 Å². The second-order valence-electron chi connectivity index (χ2n) is 4.35. The van der Waals surface area contributed by atoms with E-state index in [1.165, 1.54) is 6.07 Å². The summed E-state index contributed by atoms with van der Waals surface area (Å²) < 4.78 is 65.2. The summed E-state index contributed by atoms with van der Waals surface area (Å²) in [6.45, 7) is 0. The molecule has 0 aromatic heterocycles. The lowest BCUT2D eigenvalue weighted by Gasteiger charge is -2.17. The van der Waals surface area contributed by atoms with E-state index in [-0.39, 0.29) is 10.6 Å². The number of hydrogen-bond acceptors (Lipinski definition) is 1. The first kappa shape index (κ1) is 15.7. The highest BCUT2D eigenvalue weighted by molar-refractivity contribution is 6.31. The molecule has 0 aliphatic heterocycles. The van der Waals surface area contributed by atoms with Crippen LogP contribution in [0.3, 0.4) is 0 Å². The molecule has 0 amide bonds. The number of alkyl halides is 3. The molecule has 0 saturated carbocycles. The van der Waals surface area contributed by atoms with Crippen LogP contribution in [0.15, 0.2) is 36.4 Å². The molecule has 112 valence electrons. The monoisotopic (exact) mass is 321 g/mol. The van der Waals surface area contributed by atoms with Gasteiger partial charge in [-0.25, -0.2) is 8.78 Å². The largest absolute Gasteiger partial charge is 0.419 e. The van der Waals surface area contributed by atoms with Gasteiger partial charge in [-0.2, -0.15) is 13.2 Å².